The van der Waals surface area contributed by atoms with Crippen LogP contribution < -0.4 is 5.32 Å². The highest BCUT2D eigenvalue weighted by molar-refractivity contribution is 6.33. The topological polar surface area (TPSA) is 59.8 Å². The van der Waals surface area contributed by atoms with Crippen LogP contribution >= 0.6 is 23.2 Å². The second kappa shape index (κ2) is 9.54. The summed E-state index contributed by atoms with van der Waals surface area (Å²) in [4.78, 5) is 16.2. The number of nitrogens with zero attached hydrogens (tertiary/aromatic N) is 3. The van der Waals surface area contributed by atoms with E-state index in [0.29, 0.717) is 4.68 Å². The molecule has 4 rings (SSSR count). The molecule has 210 valence electrons. The fourth-order valence-electron chi connectivity index (χ4n) is 3.59. The molecule has 0 aliphatic heterocycles. The Bertz CT molecular complexity index is 1410. The lowest BCUT2D eigenvalue weighted by Gasteiger charge is -2.31. The Morgan fingerprint density at radius 1 is 0.897 bits per heavy atom. The van der Waals surface area contributed by atoms with E-state index in [4.69, 9.17) is 23.2 Å². The van der Waals surface area contributed by atoms with Gasteiger partial charge in [0.1, 0.15) is 5.15 Å². The van der Waals surface area contributed by atoms with Gasteiger partial charge in [-0.05, 0) is 31.0 Å². The molecule has 1 aliphatic rings. The standard InChI is InChI=1S/C22H12Cl2F10N4O/c23-15-5-11(19(25,21(29,30)31)22(32,33)34)4-14(20(26,27)28)16(15)38-8-10(7-36-38)9-3-13(17(24)35-6-9)18(39)37-12-1-2-12/h3-8,12H,1-2H2,(H,37,39). The number of carbonyl (C=O) groups is 1. The Labute approximate surface area is 221 Å². The summed E-state index contributed by atoms with van der Waals surface area (Å²) in [7, 11) is 0. The lowest BCUT2D eigenvalue weighted by atomic mass is 9.92. The van der Waals surface area contributed by atoms with Gasteiger partial charge < -0.3 is 5.32 Å². The van der Waals surface area contributed by atoms with Crippen LogP contribution in [0.25, 0.3) is 16.8 Å². The number of nitrogens with one attached hydrogen (secondary N) is 1. The maximum Gasteiger partial charge on any atom is 0.435 e. The molecule has 0 saturated heterocycles. The van der Waals surface area contributed by atoms with E-state index in [-0.39, 0.29) is 34.0 Å². The van der Waals surface area contributed by atoms with Gasteiger partial charge in [0, 0.05) is 35.1 Å². The zero-order valence-electron chi connectivity index (χ0n) is 18.7. The molecule has 1 aromatic carbocycles. The minimum absolute atomic E-state index is 0.0262. The molecule has 0 spiro atoms. The van der Waals surface area contributed by atoms with Crippen LogP contribution in [-0.2, 0) is 11.8 Å². The Balaban J connectivity index is 1.82. The zero-order chi connectivity index (χ0) is 29.1. The monoisotopic (exact) mass is 608 g/mol. The summed E-state index contributed by atoms with van der Waals surface area (Å²) < 4.78 is 136. The Hall–Kier alpha value is -3.07. The number of pyridine rings is 1. The maximum atomic E-state index is 14.5. The van der Waals surface area contributed by atoms with Gasteiger partial charge in [-0.15, -0.1) is 0 Å². The summed E-state index contributed by atoms with van der Waals surface area (Å²) in [5.74, 6) is -0.564. The van der Waals surface area contributed by atoms with Crippen molar-refractivity contribution in [2.45, 2.75) is 43.1 Å². The number of hydrogen-bond acceptors (Lipinski definition) is 3. The molecule has 0 bridgehead atoms. The molecule has 17 heteroatoms. The summed E-state index contributed by atoms with van der Waals surface area (Å²) in [6.07, 6.45) is -14.4. The average molecular weight is 609 g/mol. The van der Waals surface area contributed by atoms with Gasteiger partial charge in [-0.1, -0.05) is 23.2 Å². The van der Waals surface area contributed by atoms with Gasteiger partial charge in [-0.2, -0.15) is 44.6 Å². The molecule has 3 aromatic rings. The van der Waals surface area contributed by atoms with Crippen molar-refractivity contribution >= 4 is 29.1 Å². The van der Waals surface area contributed by atoms with Gasteiger partial charge in [-0.3, -0.25) is 4.79 Å². The number of benzene rings is 1. The van der Waals surface area contributed by atoms with Crippen LogP contribution in [0.3, 0.4) is 0 Å². The Morgan fingerprint density at radius 3 is 2.05 bits per heavy atom. The van der Waals surface area contributed by atoms with Crippen LogP contribution in [0.1, 0.15) is 34.3 Å². The van der Waals surface area contributed by atoms with Crippen molar-refractivity contribution in [3.8, 4) is 16.8 Å². The minimum Gasteiger partial charge on any atom is -0.349 e. The fourth-order valence-corrected chi connectivity index (χ4v) is 4.08. The van der Waals surface area contributed by atoms with E-state index in [0.717, 1.165) is 31.4 Å². The molecule has 0 unspecified atom stereocenters. The highest BCUT2D eigenvalue weighted by Crippen LogP contribution is 2.55. The number of aromatic nitrogens is 3. The van der Waals surface area contributed by atoms with Crippen LogP contribution in [0.5, 0.6) is 0 Å². The molecular formula is C22H12Cl2F10N4O. The molecule has 0 atom stereocenters. The van der Waals surface area contributed by atoms with Crippen molar-refractivity contribution in [2.75, 3.05) is 0 Å². The molecule has 1 N–H and O–H groups in total. The van der Waals surface area contributed by atoms with Crippen LogP contribution in [0.4, 0.5) is 43.9 Å². The maximum absolute atomic E-state index is 14.5. The van der Waals surface area contributed by atoms with E-state index < -0.39 is 58.0 Å². The average Bonchev–Trinajstić information content (AvgIpc) is 3.48. The van der Waals surface area contributed by atoms with Gasteiger partial charge >= 0.3 is 24.2 Å². The smallest absolute Gasteiger partial charge is 0.349 e. The fraction of sp³-hybridized carbons (Fsp3) is 0.318. The molecular weight excluding hydrogens is 597 g/mol. The lowest BCUT2D eigenvalue weighted by molar-refractivity contribution is -0.348. The SMILES string of the molecule is O=C(NC1CC1)c1cc(-c2cnn(-c3c(Cl)cc(C(F)(C(F)(F)F)C(F)(F)F)cc3C(F)(F)F)c2)cnc1Cl. The highest BCUT2D eigenvalue weighted by Gasteiger charge is 2.73. The summed E-state index contributed by atoms with van der Waals surface area (Å²) in [5.41, 5.74) is -11.8. The summed E-state index contributed by atoms with van der Waals surface area (Å²) in [5, 5.41) is 4.87. The molecule has 1 amide bonds. The number of carbonyl (C=O) groups excluding carboxylic acids is 1. The van der Waals surface area contributed by atoms with Gasteiger partial charge in [0.2, 0.25) is 0 Å². The largest absolute Gasteiger partial charge is 0.435 e. The van der Waals surface area contributed by atoms with E-state index in [1.54, 1.807) is 0 Å². The van der Waals surface area contributed by atoms with Crippen molar-refractivity contribution in [3.05, 3.63) is 63.7 Å². The Morgan fingerprint density at radius 2 is 1.51 bits per heavy atom. The summed E-state index contributed by atoms with van der Waals surface area (Å²) in [6, 6.07) is 0.406. The molecule has 1 saturated carbocycles. The van der Waals surface area contributed by atoms with Gasteiger partial charge in [-0.25, -0.2) is 14.1 Å². The number of halogens is 12. The second-order valence-corrected chi connectivity index (χ2v) is 9.25. The van der Waals surface area contributed by atoms with Gasteiger partial charge in [0.15, 0.2) is 0 Å². The molecule has 39 heavy (non-hydrogen) atoms. The quantitative estimate of drug-likeness (QED) is 0.242. The normalized spacial score (nSPS) is 15.0. The van der Waals surface area contributed by atoms with Crippen molar-refractivity contribution in [2.24, 2.45) is 0 Å². The zero-order valence-corrected chi connectivity index (χ0v) is 20.3. The van der Waals surface area contributed by atoms with Crippen molar-refractivity contribution < 1.29 is 48.7 Å². The summed E-state index contributed by atoms with van der Waals surface area (Å²) in [6.45, 7) is 0. The molecule has 1 fully saturated rings. The van der Waals surface area contributed by atoms with Crippen LogP contribution in [0.2, 0.25) is 10.2 Å². The molecule has 1 aliphatic carbocycles. The van der Waals surface area contributed by atoms with E-state index in [9.17, 15) is 48.7 Å². The Kier molecular flexibility index (Phi) is 7.07. The van der Waals surface area contributed by atoms with Crippen molar-refractivity contribution in [1.82, 2.24) is 20.1 Å². The molecule has 0 radical (unpaired) electrons. The predicted octanol–water partition coefficient (Wildman–Crippen LogP) is 7.44. The van der Waals surface area contributed by atoms with Gasteiger partial charge in [0.05, 0.1) is 28.0 Å². The second-order valence-electron chi connectivity index (χ2n) is 8.49. The first-order valence-electron chi connectivity index (χ1n) is 10.6. The van der Waals surface area contributed by atoms with Crippen LogP contribution in [0.15, 0.2) is 36.8 Å². The first-order valence-corrected chi connectivity index (χ1v) is 11.4. The van der Waals surface area contributed by atoms with E-state index in [1.807, 2.05) is 0 Å². The number of hydrogen-bond donors (Lipinski definition) is 1. The van der Waals surface area contributed by atoms with Gasteiger partial charge in [0.25, 0.3) is 5.91 Å². The molecule has 2 heterocycles. The first-order chi connectivity index (χ1) is 17.8. The van der Waals surface area contributed by atoms with E-state index >= 15 is 0 Å². The van der Waals surface area contributed by atoms with Crippen molar-refractivity contribution in [1.29, 1.82) is 0 Å². The highest BCUT2D eigenvalue weighted by atomic mass is 35.5. The number of amides is 1. The van der Waals surface area contributed by atoms with E-state index in [2.05, 4.69) is 15.4 Å². The van der Waals surface area contributed by atoms with Crippen molar-refractivity contribution in [3.63, 3.8) is 0 Å². The third-order valence-electron chi connectivity index (χ3n) is 5.69. The lowest BCUT2D eigenvalue weighted by Crippen LogP contribution is -2.50. The third kappa shape index (κ3) is 5.38. The summed E-state index contributed by atoms with van der Waals surface area (Å²) >= 11 is 11.7. The molecule has 2 aromatic heterocycles. The molecule has 5 nitrogen and oxygen atoms in total. The number of rotatable bonds is 5. The van der Waals surface area contributed by atoms with E-state index in [1.165, 1.54) is 6.07 Å². The third-order valence-corrected chi connectivity index (χ3v) is 6.28. The van der Waals surface area contributed by atoms with Crippen LogP contribution in [0, 0.1) is 0 Å². The first kappa shape index (κ1) is 28.9. The van der Waals surface area contributed by atoms with Crippen LogP contribution in [-0.4, -0.2) is 39.1 Å². The number of alkyl halides is 10. The minimum atomic E-state index is -6.66. The predicted molar refractivity (Wildman–Crippen MR) is 117 cm³/mol.